The maximum Gasteiger partial charge on any atom is 0.272 e. The van der Waals surface area contributed by atoms with E-state index in [1.165, 1.54) is 0 Å². The fourth-order valence-electron chi connectivity index (χ4n) is 3.47. The Hall–Kier alpha value is -2.41. The Balaban J connectivity index is 1.58. The standard InChI is InChI=1S/C19H20BrN5O/c1-13-11-15(20)12-25-17(14(2)22-18(13)25)19(26)24-9-7-23(8-10-24)16-5-3-4-6-21-16/h3-6,11-12H,7-10H2,1-2H3. The molecule has 1 amide bonds. The van der Waals surface area contributed by atoms with Gasteiger partial charge >= 0.3 is 0 Å². The lowest BCUT2D eigenvalue weighted by atomic mass is 10.2. The van der Waals surface area contributed by atoms with Crippen molar-refractivity contribution in [3.8, 4) is 0 Å². The lowest BCUT2D eigenvalue weighted by molar-refractivity contribution is 0.0738. The van der Waals surface area contributed by atoms with E-state index >= 15 is 0 Å². The molecule has 7 heteroatoms. The SMILES string of the molecule is Cc1nc2c(C)cc(Br)cn2c1C(=O)N1CCN(c2ccccn2)CC1. The molecule has 6 nitrogen and oxygen atoms in total. The van der Waals surface area contributed by atoms with E-state index in [0.29, 0.717) is 18.8 Å². The molecule has 0 bridgehead atoms. The van der Waals surface area contributed by atoms with Gasteiger partial charge in [0.1, 0.15) is 17.2 Å². The van der Waals surface area contributed by atoms with Crippen LogP contribution in [0.1, 0.15) is 21.7 Å². The van der Waals surface area contributed by atoms with E-state index in [-0.39, 0.29) is 5.91 Å². The molecule has 1 aliphatic heterocycles. The number of imidazole rings is 1. The minimum Gasteiger partial charge on any atom is -0.353 e. The van der Waals surface area contributed by atoms with Gasteiger partial charge in [-0.3, -0.25) is 9.20 Å². The van der Waals surface area contributed by atoms with E-state index < -0.39 is 0 Å². The molecule has 0 saturated carbocycles. The van der Waals surface area contributed by atoms with Crippen LogP contribution in [0.15, 0.2) is 41.1 Å². The molecule has 3 aromatic heterocycles. The molecule has 0 unspecified atom stereocenters. The van der Waals surface area contributed by atoms with Crippen molar-refractivity contribution in [2.75, 3.05) is 31.1 Å². The monoisotopic (exact) mass is 413 g/mol. The molecule has 0 aromatic carbocycles. The van der Waals surface area contributed by atoms with Crippen molar-refractivity contribution in [1.29, 1.82) is 0 Å². The Bertz CT molecular complexity index is 961. The zero-order chi connectivity index (χ0) is 18.3. The average Bonchev–Trinajstić information content (AvgIpc) is 2.98. The first-order chi connectivity index (χ1) is 12.5. The van der Waals surface area contributed by atoms with Crippen molar-refractivity contribution in [3.05, 3.63) is 58.1 Å². The first-order valence-corrected chi connectivity index (χ1v) is 9.44. The molecule has 4 heterocycles. The number of hydrogen-bond acceptors (Lipinski definition) is 4. The van der Waals surface area contributed by atoms with E-state index in [1.54, 1.807) is 6.20 Å². The molecular weight excluding hydrogens is 394 g/mol. The molecule has 0 N–H and O–H groups in total. The molecule has 0 radical (unpaired) electrons. The van der Waals surface area contributed by atoms with Crippen LogP contribution in [0.4, 0.5) is 5.82 Å². The Labute approximate surface area is 160 Å². The van der Waals surface area contributed by atoms with Gasteiger partial charge in [0.05, 0.1) is 5.69 Å². The summed E-state index contributed by atoms with van der Waals surface area (Å²) in [5.41, 5.74) is 3.29. The summed E-state index contributed by atoms with van der Waals surface area (Å²) in [5.74, 6) is 0.998. The number of fused-ring (bicyclic) bond motifs is 1. The minimum atomic E-state index is 0.0353. The van der Waals surface area contributed by atoms with Gasteiger partial charge in [0.25, 0.3) is 5.91 Å². The summed E-state index contributed by atoms with van der Waals surface area (Å²) in [6, 6.07) is 7.92. The first-order valence-electron chi connectivity index (χ1n) is 8.64. The van der Waals surface area contributed by atoms with Crippen LogP contribution in [-0.4, -0.2) is 51.4 Å². The van der Waals surface area contributed by atoms with E-state index in [1.807, 2.05) is 53.6 Å². The van der Waals surface area contributed by atoms with Gasteiger partial charge in [-0.15, -0.1) is 0 Å². The zero-order valence-electron chi connectivity index (χ0n) is 14.8. The summed E-state index contributed by atoms with van der Waals surface area (Å²) < 4.78 is 2.84. The molecule has 0 atom stereocenters. The zero-order valence-corrected chi connectivity index (χ0v) is 16.4. The Kier molecular flexibility index (Phi) is 4.40. The van der Waals surface area contributed by atoms with Crippen LogP contribution >= 0.6 is 15.9 Å². The number of piperazine rings is 1. The van der Waals surface area contributed by atoms with Crippen LogP contribution in [0, 0.1) is 13.8 Å². The molecule has 0 spiro atoms. The van der Waals surface area contributed by atoms with Crippen LogP contribution in [0.3, 0.4) is 0 Å². The first kappa shape index (κ1) is 17.0. The number of amides is 1. The summed E-state index contributed by atoms with van der Waals surface area (Å²) in [7, 11) is 0. The van der Waals surface area contributed by atoms with Crippen LogP contribution in [-0.2, 0) is 0 Å². The highest BCUT2D eigenvalue weighted by atomic mass is 79.9. The number of nitrogens with zero attached hydrogens (tertiary/aromatic N) is 5. The van der Waals surface area contributed by atoms with Gasteiger partial charge in [-0.05, 0) is 53.5 Å². The van der Waals surface area contributed by atoms with Crippen molar-refractivity contribution in [1.82, 2.24) is 19.3 Å². The molecule has 4 rings (SSSR count). The van der Waals surface area contributed by atoms with Crippen molar-refractivity contribution in [2.45, 2.75) is 13.8 Å². The van der Waals surface area contributed by atoms with Crippen LogP contribution in [0.5, 0.6) is 0 Å². The molecule has 1 saturated heterocycles. The van der Waals surface area contributed by atoms with Gasteiger partial charge in [-0.1, -0.05) is 6.07 Å². The number of hydrogen-bond donors (Lipinski definition) is 0. The Morgan fingerprint density at radius 2 is 1.92 bits per heavy atom. The Morgan fingerprint density at radius 1 is 1.15 bits per heavy atom. The second-order valence-corrected chi connectivity index (χ2v) is 7.46. The van der Waals surface area contributed by atoms with Crippen molar-refractivity contribution < 1.29 is 4.79 Å². The number of aromatic nitrogens is 3. The number of pyridine rings is 2. The topological polar surface area (TPSA) is 53.7 Å². The smallest absolute Gasteiger partial charge is 0.272 e. The molecule has 134 valence electrons. The quantitative estimate of drug-likeness (QED) is 0.647. The number of carbonyl (C=O) groups excluding carboxylic acids is 1. The number of halogens is 1. The third-order valence-corrected chi connectivity index (χ3v) is 5.22. The van der Waals surface area contributed by atoms with Gasteiger partial charge in [0.2, 0.25) is 0 Å². The molecular formula is C19H20BrN5O. The molecule has 3 aromatic rings. The van der Waals surface area contributed by atoms with Gasteiger partial charge in [-0.2, -0.15) is 0 Å². The normalized spacial score (nSPS) is 14.9. The molecule has 1 fully saturated rings. The highest BCUT2D eigenvalue weighted by molar-refractivity contribution is 9.10. The van der Waals surface area contributed by atoms with Gasteiger partial charge in [0.15, 0.2) is 0 Å². The summed E-state index contributed by atoms with van der Waals surface area (Å²) in [5, 5.41) is 0. The van der Waals surface area contributed by atoms with E-state index in [0.717, 1.165) is 40.3 Å². The average molecular weight is 414 g/mol. The minimum absolute atomic E-state index is 0.0353. The molecule has 26 heavy (non-hydrogen) atoms. The summed E-state index contributed by atoms with van der Waals surface area (Å²) >= 11 is 3.52. The third kappa shape index (κ3) is 2.96. The maximum absolute atomic E-state index is 13.2. The highest BCUT2D eigenvalue weighted by Gasteiger charge is 2.27. The number of anilines is 1. The third-order valence-electron chi connectivity index (χ3n) is 4.79. The van der Waals surface area contributed by atoms with E-state index in [2.05, 4.69) is 30.8 Å². The van der Waals surface area contributed by atoms with Gasteiger partial charge < -0.3 is 9.80 Å². The molecule has 0 aliphatic carbocycles. The fourth-order valence-corrected chi connectivity index (χ4v) is 4.02. The number of rotatable bonds is 2. The van der Waals surface area contributed by atoms with Crippen LogP contribution in [0.25, 0.3) is 5.65 Å². The van der Waals surface area contributed by atoms with Crippen molar-refractivity contribution in [3.63, 3.8) is 0 Å². The van der Waals surface area contributed by atoms with Gasteiger partial charge in [-0.25, -0.2) is 9.97 Å². The predicted molar refractivity (Wildman–Crippen MR) is 105 cm³/mol. The van der Waals surface area contributed by atoms with Crippen LogP contribution < -0.4 is 4.90 Å². The summed E-state index contributed by atoms with van der Waals surface area (Å²) in [6.45, 7) is 6.82. The predicted octanol–water partition coefficient (Wildman–Crippen LogP) is 3.07. The van der Waals surface area contributed by atoms with Gasteiger partial charge in [0, 0.05) is 43.0 Å². The maximum atomic E-state index is 13.2. The number of aryl methyl sites for hydroxylation is 2. The van der Waals surface area contributed by atoms with Crippen molar-refractivity contribution in [2.24, 2.45) is 0 Å². The summed E-state index contributed by atoms with van der Waals surface area (Å²) in [4.78, 5) is 26.3. The second kappa shape index (κ2) is 6.72. The van der Waals surface area contributed by atoms with E-state index in [4.69, 9.17) is 0 Å². The lowest BCUT2D eigenvalue weighted by Gasteiger charge is -2.35. The fraction of sp³-hybridized carbons (Fsp3) is 0.316. The van der Waals surface area contributed by atoms with Crippen LogP contribution in [0.2, 0.25) is 0 Å². The number of carbonyl (C=O) groups is 1. The Morgan fingerprint density at radius 3 is 2.62 bits per heavy atom. The second-order valence-electron chi connectivity index (χ2n) is 6.55. The van der Waals surface area contributed by atoms with Crippen molar-refractivity contribution >= 4 is 33.3 Å². The highest BCUT2D eigenvalue weighted by Crippen LogP contribution is 2.22. The lowest BCUT2D eigenvalue weighted by Crippen LogP contribution is -2.49. The molecule has 1 aliphatic rings. The van der Waals surface area contributed by atoms with E-state index in [9.17, 15) is 4.79 Å². The largest absolute Gasteiger partial charge is 0.353 e. The summed E-state index contributed by atoms with van der Waals surface area (Å²) in [6.07, 6.45) is 3.72.